The molecule has 0 saturated heterocycles. The summed E-state index contributed by atoms with van der Waals surface area (Å²) in [6.45, 7) is -2.95. The largest absolute Gasteiger partial charge is 0.493 e. The summed E-state index contributed by atoms with van der Waals surface area (Å²) in [5.74, 6) is 0.655. The van der Waals surface area contributed by atoms with Crippen LogP contribution in [-0.2, 0) is 6.42 Å². The lowest BCUT2D eigenvalue weighted by Gasteiger charge is -2.15. The molecule has 0 aliphatic heterocycles. The molecule has 0 fully saturated rings. The third-order valence-electron chi connectivity index (χ3n) is 4.70. The predicted octanol–water partition coefficient (Wildman–Crippen LogP) is 5.16. The van der Waals surface area contributed by atoms with Gasteiger partial charge in [0.25, 0.3) is 5.91 Å². The van der Waals surface area contributed by atoms with Crippen LogP contribution < -0.4 is 24.3 Å². The summed E-state index contributed by atoms with van der Waals surface area (Å²) in [4.78, 5) is 12.9. The number of rotatable bonds is 9. The van der Waals surface area contributed by atoms with Crippen LogP contribution in [0.5, 0.6) is 23.0 Å². The molecule has 0 unspecified atom stereocenters. The van der Waals surface area contributed by atoms with E-state index >= 15 is 0 Å². The van der Waals surface area contributed by atoms with Crippen molar-refractivity contribution in [3.8, 4) is 23.0 Å². The molecule has 0 atom stereocenters. The van der Waals surface area contributed by atoms with Crippen molar-refractivity contribution in [2.45, 2.75) is 13.0 Å². The first-order chi connectivity index (χ1) is 15.4. The maximum atomic E-state index is 12.9. The molecule has 3 rings (SSSR count). The molecule has 0 saturated carbocycles. The number of amides is 1. The highest BCUT2D eigenvalue weighted by Crippen LogP contribution is 2.38. The van der Waals surface area contributed by atoms with E-state index in [4.69, 9.17) is 14.2 Å². The molecule has 3 aromatic carbocycles. The number of methoxy groups -OCH3 is 3. The monoisotopic (exact) mass is 443 g/mol. The van der Waals surface area contributed by atoms with Crippen LogP contribution in [-0.4, -0.2) is 33.8 Å². The van der Waals surface area contributed by atoms with Gasteiger partial charge in [-0.25, -0.2) is 0 Å². The van der Waals surface area contributed by atoms with Crippen molar-refractivity contribution in [3.05, 3.63) is 77.4 Å². The van der Waals surface area contributed by atoms with Gasteiger partial charge in [-0.3, -0.25) is 4.79 Å². The van der Waals surface area contributed by atoms with Gasteiger partial charge in [0, 0.05) is 23.2 Å². The number of carbonyl (C=O) groups excluding carboxylic acids is 1. The van der Waals surface area contributed by atoms with Crippen LogP contribution in [0.2, 0.25) is 0 Å². The van der Waals surface area contributed by atoms with Crippen LogP contribution in [0.1, 0.15) is 21.5 Å². The van der Waals surface area contributed by atoms with Gasteiger partial charge in [0.2, 0.25) is 5.75 Å². The Bertz CT molecular complexity index is 1050. The Labute approximate surface area is 184 Å². The lowest BCUT2D eigenvalue weighted by molar-refractivity contribution is -0.0503. The lowest BCUT2D eigenvalue weighted by Crippen LogP contribution is -2.13. The fourth-order valence-electron chi connectivity index (χ4n) is 3.24. The van der Waals surface area contributed by atoms with Crippen LogP contribution in [0.25, 0.3) is 0 Å². The summed E-state index contributed by atoms with van der Waals surface area (Å²) >= 11 is 0. The van der Waals surface area contributed by atoms with Gasteiger partial charge in [-0.1, -0.05) is 30.3 Å². The number of nitrogens with one attached hydrogen (secondary N) is 1. The van der Waals surface area contributed by atoms with Gasteiger partial charge in [-0.2, -0.15) is 8.78 Å². The van der Waals surface area contributed by atoms with Gasteiger partial charge in [0.05, 0.1) is 21.3 Å². The Morgan fingerprint density at radius 2 is 1.53 bits per heavy atom. The first-order valence-corrected chi connectivity index (χ1v) is 9.68. The lowest BCUT2D eigenvalue weighted by atomic mass is 10.0. The van der Waals surface area contributed by atoms with Crippen molar-refractivity contribution >= 4 is 11.6 Å². The Kier molecular flexibility index (Phi) is 7.49. The zero-order valence-electron chi connectivity index (χ0n) is 17.9. The van der Waals surface area contributed by atoms with E-state index in [1.165, 1.54) is 45.6 Å². The molecule has 8 heteroatoms. The number of alkyl halides is 2. The molecule has 3 aromatic rings. The molecular formula is C24H23F2NO5. The van der Waals surface area contributed by atoms with E-state index in [9.17, 15) is 13.6 Å². The molecule has 168 valence electrons. The molecule has 0 aliphatic carbocycles. The summed E-state index contributed by atoms with van der Waals surface area (Å²) in [6, 6.07) is 16.9. The summed E-state index contributed by atoms with van der Waals surface area (Å²) in [6.07, 6.45) is 0.358. The van der Waals surface area contributed by atoms with Crippen LogP contribution in [0.4, 0.5) is 14.5 Å². The first kappa shape index (κ1) is 22.9. The summed E-state index contributed by atoms with van der Waals surface area (Å²) < 4.78 is 46.2. The molecular weight excluding hydrogens is 420 g/mol. The third kappa shape index (κ3) is 5.46. The SMILES string of the molecule is COc1cc(C(=O)Nc2ccc(OC(F)F)c(Cc3ccccc3)c2)cc(OC)c1OC. The number of anilines is 1. The minimum absolute atomic E-state index is 0.0506. The zero-order valence-corrected chi connectivity index (χ0v) is 17.9. The molecule has 0 heterocycles. The minimum Gasteiger partial charge on any atom is -0.493 e. The van der Waals surface area contributed by atoms with Crippen molar-refractivity contribution in [3.63, 3.8) is 0 Å². The second kappa shape index (κ2) is 10.5. The average molecular weight is 443 g/mol. The number of halogens is 2. The maximum Gasteiger partial charge on any atom is 0.387 e. The van der Waals surface area contributed by atoms with Crippen molar-refractivity contribution in [2.24, 2.45) is 0 Å². The van der Waals surface area contributed by atoms with Crippen LogP contribution in [0.15, 0.2) is 60.7 Å². The number of hydrogen-bond acceptors (Lipinski definition) is 5. The van der Waals surface area contributed by atoms with Crippen molar-refractivity contribution in [1.29, 1.82) is 0 Å². The van der Waals surface area contributed by atoms with Crippen LogP contribution in [0.3, 0.4) is 0 Å². The molecule has 1 amide bonds. The number of carbonyl (C=O) groups is 1. The number of hydrogen-bond donors (Lipinski definition) is 1. The minimum atomic E-state index is -2.95. The highest BCUT2D eigenvalue weighted by Gasteiger charge is 2.18. The Morgan fingerprint density at radius 3 is 2.09 bits per heavy atom. The third-order valence-corrected chi connectivity index (χ3v) is 4.70. The van der Waals surface area contributed by atoms with Crippen molar-refractivity contribution in [2.75, 3.05) is 26.6 Å². The Balaban J connectivity index is 1.90. The van der Waals surface area contributed by atoms with E-state index in [0.29, 0.717) is 34.9 Å². The van der Waals surface area contributed by atoms with Gasteiger partial charge in [-0.15, -0.1) is 0 Å². The van der Waals surface area contributed by atoms with E-state index < -0.39 is 12.5 Å². The fraction of sp³-hybridized carbons (Fsp3) is 0.208. The number of ether oxygens (including phenoxy) is 4. The molecule has 0 radical (unpaired) electrons. The average Bonchev–Trinajstić information content (AvgIpc) is 2.80. The zero-order chi connectivity index (χ0) is 23.1. The first-order valence-electron chi connectivity index (χ1n) is 9.68. The molecule has 1 N–H and O–H groups in total. The summed E-state index contributed by atoms with van der Waals surface area (Å²) in [5.41, 5.74) is 2.13. The van der Waals surface area contributed by atoms with Crippen LogP contribution >= 0.6 is 0 Å². The van der Waals surface area contributed by atoms with E-state index in [2.05, 4.69) is 10.1 Å². The maximum absolute atomic E-state index is 12.9. The summed E-state index contributed by atoms with van der Waals surface area (Å²) in [5, 5.41) is 2.77. The summed E-state index contributed by atoms with van der Waals surface area (Å²) in [7, 11) is 4.38. The standard InChI is InChI=1S/C24H23F2NO5/c1-29-20-13-17(14-21(30-2)22(20)31-3)23(28)27-18-9-10-19(32-24(25)26)16(12-18)11-15-7-5-4-6-8-15/h4-10,12-14,24H,11H2,1-3H3,(H,27,28). The molecule has 0 aromatic heterocycles. The second-order valence-electron chi connectivity index (χ2n) is 6.73. The van der Waals surface area contributed by atoms with E-state index in [-0.39, 0.29) is 11.3 Å². The topological polar surface area (TPSA) is 66.0 Å². The van der Waals surface area contributed by atoms with Crippen molar-refractivity contribution < 1.29 is 32.5 Å². The molecule has 6 nitrogen and oxygen atoms in total. The number of benzene rings is 3. The molecule has 32 heavy (non-hydrogen) atoms. The fourth-order valence-corrected chi connectivity index (χ4v) is 3.24. The highest BCUT2D eigenvalue weighted by molar-refractivity contribution is 6.05. The molecule has 0 aliphatic rings. The van der Waals surface area contributed by atoms with E-state index in [1.54, 1.807) is 6.07 Å². The van der Waals surface area contributed by atoms with E-state index in [0.717, 1.165) is 5.56 Å². The highest BCUT2D eigenvalue weighted by atomic mass is 19.3. The van der Waals surface area contributed by atoms with E-state index in [1.807, 2.05) is 30.3 Å². The second-order valence-corrected chi connectivity index (χ2v) is 6.73. The smallest absolute Gasteiger partial charge is 0.387 e. The van der Waals surface area contributed by atoms with Gasteiger partial charge < -0.3 is 24.3 Å². The Morgan fingerprint density at radius 1 is 0.875 bits per heavy atom. The van der Waals surface area contributed by atoms with Crippen molar-refractivity contribution in [1.82, 2.24) is 0 Å². The van der Waals surface area contributed by atoms with Gasteiger partial charge in [0.1, 0.15) is 5.75 Å². The quantitative estimate of drug-likeness (QED) is 0.495. The Hall–Kier alpha value is -3.81. The predicted molar refractivity (Wildman–Crippen MR) is 116 cm³/mol. The molecule has 0 spiro atoms. The van der Waals surface area contributed by atoms with Crippen LogP contribution in [0, 0.1) is 0 Å². The van der Waals surface area contributed by atoms with Gasteiger partial charge in [-0.05, 0) is 35.9 Å². The molecule has 0 bridgehead atoms. The normalized spacial score (nSPS) is 10.6. The van der Waals surface area contributed by atoms with Gasteiger partial charge >= 0.3 is 6.61 Å². The van der Waals surface area contributed by atoms with Gasteiger partial charge in [0.15, 0.2) is 11.5 Å².